The summed E-state index contributed by atoms with van der Waals surface area (Å²) >= 11 is 0. The molecular weight excluding hydrogens is 454 g/mol. The Labute approximate surface area is 211 Å². The van der Waals surface area contributed by atoms with Crippen LogP contribution in [0.2, 0.25) is 0 Å². The second-order valence-corrected chi connectivity index (χ2v) is 8.31. The van der Waals surface area contributed by atoms with E-state index < -0.39 is 0 Å². The van der Waals surface area contributed by atoms with Gasteiger partial charge in [-0.25, -0.2) is 0 Å². The summed E-state index contributed by atoms with van der Waals surface area (Å²) in [6.45, 7) is 8.78. The van der Waals surface area contributed by atoms with Gasteiger partial charge in [-0.15, -0.1) is 0 Å². The number of unbranched alkanes of at least 4 members (excludes halogenated alkanes) is 7. The predicted molar refractivity (Wildman–Crippen MR) is 133 cm³/mol. The Kier molecular flexibility index (Phi) is 22.0. The summed E-state index contributed by atoms with van der Waals surface area (Å²) in [5, 5.41) is 0. The molecule has 0 spiro atoms. The van der Waals surface area contributed by atoms with Gasteiger partial charge in [-0.1, -0.05) is 51.9 Å². The molecule has 204 valence electrons. The van der Waals surface area contributed by atoms with Gasteiger partial charge < -0.3 is 28.4 Å². The molecule has 0 N–H and O–H groups in total. The van der Waals surface area contributed by atoms with Crippen molar-refractivity contribution in [2.75, 3.05) is 85.8 Å². The van der Waals surface area contributed by atoms with Crippen molar-refractivity contribution in [2.24, 2.45) is 0 Å². The van der Waals surface area contributed by atoms with Gasteiger partial charge in [0.15, 0.2) is 0 Å². The number of rotatable bonds is 27. The fourth-order valence-corrected chi connectivity index (χ4v) is 3.35. The number of amides is 2. The molecule has 9 heteroatoms. The summed E-state index contributed by atoms with van der Waals surface area (Å²) in [6.07, 6.45) is 13.0. The Morgan fingerprint density at radius 1 is 0.486 bits per heavy atom. The number of imide groups is 1. The molecule has 1 aliphatic heterocycles. The minimum atomic E-state index is -0.294. The van der Waals surface area contributed by atoms with E-state index in [0.29, 0.717) is 72.7 Å². The maximum Gasteiger partial charge on any atom is 0.253 e. The van der Waals surface area contributed by atoms with Gasteiger partial charge in [-0.3, -0.25) is 14.5 Å². The zero-order valence-corrected chi connectivity index (χ0v) is 21.7. The molecule has 9 nitrogen and oxygen atoms in total. The number of carbonyl (C=O) groups is 2. The van der Waals surface area contributed by atoms with Crippen LogP contribution in [0.1, 0.15) is 58.3 Å². The van der Waals surface area contributed by atoms with Gasteiger partial charge in [0.2, 0.25) is 0 Å². The number of hydrogen-bond donors (Lipinski definition) is 0. The molecule has 0 aromatic heterocycles. The zero-order valence-electron chi connectivity index (χ0n) is 21.7. The highest BCUT2D eigenvalue weighted by Gasteiger charge is 2.22. The molecule has 0 atom stereocenters. The number of carbonyl (C=O) groups excluding carboxylic acids is 2. The van der Waals surface area contributed by atoms with E-state index in [1.807, 2.05) is 0 Å². The van der Waals surface area contributed by atoms with Gasteiger partial charge in [0, 0.05) is 18.8 Å². The van der Waals surface area contributed by atoms with Crippen LogP contribution in [0, 0.1) is 0 Å². The summed E-state index contributed by atoms with van der Waals surface area (Å²) in [7, 11) is 0. The first-order chi connectivity index (χ1) is 17.3. The molecule has 0 saturated heterocycles. The Balaban J connectivity index is 1.65. The molecule has 2 amide bonds. The molecule has 0 bridgehead atoms. The Morgan fingerprint density at radius 3 is 1.26 bits per heavy atom. The first-order valence-electron chi connectivity index (χ1n) is 13.3. The standard InChI is InChI=1S/C26H47NO8/c1-2-3-4-5-6-7-8-9-13-30-15-17-32-19-21-34-23-24-35-22-20-33-18-16-31-14-12-27-25(28)10-11-26(27)29/h10-11H,2-9,12-24H2,1H3. The normalized spacial score (nSPS) is 13.5. The quantitative estimate of drug-likeness (QED) is 0.125. The van der Waals surface area contributed by atoms with Crippen molar-refractivity contribution in [1.82, 2.24) is 4.90 Å². The third-order valence-corrected chi connectivity index (χ3v) is 5.36. The van der Waals surface area contributed by atoms with Gasteiger partial charge in [0.05, 0.1) is 79.2 Å². The van der Waals surface area contributed by atoms with Crippen molar-refractivity contribution in [2.45, 2.75) is 58.3 Å². The highest BCUT2D eigenvalue weighted by molar-refractivity contribution is 6.12. The molecule has 1 aliphatic rings. The monoisotopic (exact) mass is 501 g/mol. The summed E-state index contributed by atoms with van der Waals surface area (Å²) in [4.78, 5) is 23.9. The number of hydrogen-bond acceptors (Lipinski definition) is 8. The highest BCUT2D eigenvalue weighted by Crippen LogP contribution is 2.08. The molecule has 0 aromatic rings. The van der Waals surface area contributed by atoms with Crippen LogP contribution < -0.4 is 0 Å². The molecule has 0 radical (unpaired) electrons. The van der Waals surface area contributed by atoms with Crippen molar-refractivity contribution in [3.8, 4) is 0 Å². The molecule has 0 unspecified atom stereocenters. The lowest BCUT2D eigenvalue weighted by Gasteiger charge is -2.13. The van der Waals surface area contributed by atoms with E-state index in [9.17, 15) is 9.59 Å². The van der Waals surface area contributed by atoms with E-state index in [1.165, 1.54) is 57.1 Å². The average Bonchev–Trinajstić information content (AvgIpc) is 3.18. The van der Waals surface area contributed by atoms with Crippen molar-refractivity contribution in [3.05, 3.63) is 12.2 Å². The minimum Gasteiger partial charge on any atom is -0.379 e. The van der Waals surface area contributed by atoms with Crippen LogP contribution in [0.15, 0.2) is 12.2 Å². The molecule has 0 aliphatic carbocycles. The van der Waals surface area contributed by atoms with E-state index >= 15 is 0 Å². The van der Waals surface area contributed by atoms with Gasteiger partial charge in [0.1, 0.15) is 0 Å². The fourth-order valence-electron chi connectivity index (χ4n) is 3.35. The van der Waals surface area contributed by atoms with E-state index in [2.05, 4.69) is 6.92 Å². The molecular formula is C26H47NO8. The van der Waals surface area contributed by atoms with E-state index in [1.54, 1.807) is 0 Å². The number of nitrogens with zero attached hydrogens (tertiary/aromatic N) is 1. The fraction of sp³-hybridized carbons (Fsp3) is 0.846. The van der Waals surface area contributed by atoms with Crippen LogP contribution in [0.4, 0.5) is 0 Å². The lowest BCUT2D eigenvalue weighted by atomic mass is 10.1. The van der Waals surface area contributed by atoms with Crippen LogP contribution >= 0.6 is 0 Å². The third-order valence-electron chi connectivity index (χ3n) is 5.36. The van der Waals surface area contributed by atoms with Gasteiger partial charge >= 0.3 is 0 Å². The topological polar surface area (TPSA) is 92.8 Å². The van der Waals surface area contributed by atoms with Gasteiger partial charge in [0.25, 0.3) is 11.8 Å². The predicted octanol–water partition coefficient (Wildman–Crippen LogP) is 3.15. The summed E-state index contributed by atoms with van der Waals surface area (Å²) in [5.41, 5.74) is 0. The molecule has 1 heterocycles. The lowest BCUT2D eigenvalue weighted by molar-refractivity contribution is -0.137. The van der Waals surface area contributed by atoms with E-state index in [0.717, 1.165) is 17.9 Å². The molecule has 0 saturated carbocycles. The summed E-state index contributed by atoms with van der Waals surface area (Å²) in [6, 6.07) is 0. The SMILES string of the molecule is CCCCCCCCCCOCCOCCOCCOCCOCCOCCN1C(=O)C=CC1=O. The van der Waals surface area contributed by atoms with Crippen molar-refractivity contribution >= 4 is 11.8 Å². The van der Waals surface area contributed by atoms with Crippen LogP contribution in [0.5, 0.6) is 0 Å². The van der Waals surface area contributed by atoms with Crippen LogP contribution in [0.3, 0.4) is 0 Å². The molecule has 1 rings (SSSR count). The zero-order chi connectivity index (χ0) is 25.2. The molecule has 35 heavy (non-hydrogen) atoms. The maximum absolute atomic E-state index is 11.4. The van der Waals surface area contributed by atoms with Crippen LogP contribution in [-0.2, 0) is 38.0 Å². The number of ether oxygens (including phenoxy) is 6. The van der Waals surface area contributed by atoms with Gasteiger partial charge in [-0.05, 0) is 6.42 Å². The first-order valence-corrected chi connectivity index (χ1v) is 13.3. The van der Waals surface area contributed by atoms with Crippen LogP contribution in [0.25, 0.3) is 0 Å². The Morgan fingerprint density at radius 2 is 0.829 bits per heavy atom. The second-order valence-electron chi connectivity index (χ2n) is 8.31. The summed E-state index contributed by atoms with van der Waals surface area (Å²) < 4.78 is 32.7. The van der Waals surface area contributed by atoms with Gasteiger partial charge in [-0.2, -0.15) is 0 Å². The Hall–Kier alpha value is -1.36. The average molecular weight is 502 g/mol. The lowest BCUT2D eigenvalue weighted by Crippen LogP contribution is -2.33. The smallest absolute Gasteiger partial charge is 0.253 e. The van der Waals surface area contributed by atoms with Crippen LogP contribution in [-0.4, -0.2) is 103 Å². The van der Waals surface area contributed by atoms with E-state index in [-0.39, 0.29) is 18.4 Å². The second kappa shape index (κ2) is 24.3. The molecule has 0 fully saturated rings. The maximum atomic E-state index is 11.4. The van der Waals surface area contributed by atoms with Crippen molar-refractivity contribution in [1.29, 1.82) is 0 Å². The summed E-state index contributed by atoms with van der Waals surface area (Å²) in [5.74, 6) is -0.588. The molecule has 0 aromatic carbocycles. The highest BCUT2D eigenvalue weighted by atomic mass is 16.6. The van der Waals surface area contributed by atoms with Crippen molar-refractivity contribution in [3.63, 3.8) is 0 Å². The largest absolute Gasteiger partial charge is 0.379 e. The Bertz CT molecular complexity index is 525. The third kappa shape index (κ3) is 19.5. The minimum absolute atomic E-state index is 0.256. The van der Waals surface area contributed by atoms with E-state index in [4.69, 9.17) is 28.4 Å². The van der Waals surface area contributed by atoms with Crippen molar-refractivity contribution < 1.29 is 38.0 Å². The first kappa shape index (κ1) is 31.7.